The fourth-order valence-electron chi connectivity index (χ4n) is 1.60. The number of aryl methyl sites for hydroxylation is 1. The molecule has 0 aliphatic rings. The highest BCUT2D eigenvalue weighted by atomic mass is 32.2. The molecular formula is C12H12N4O2S. The van der Waals surface area contributed by atoms with Crippen LogP contribution >= 0.6 is 0 Å². The van der Waals surface area contributed by atoms with Gasteiger partial charge in [0.2, 0.25) is 10.0 Å². The van der Waals surface area contributed by atoms with Gasteiger partial charge in [-0.1, -0.05) is 12.1 Å². The standard InChI is InChI=1S/C12H12N4O2S/c1-16-7-6-14-12(16)9-15-19(17,18)11-5-3-2-4-10(11)8-13/h2-7,15H,9H2,1H3. The molecular weight excluding hydrogens is 264 g/mol. The van der Waals surface area contributed by atoms with Crippen LogP contribution in [-0.2, 0) is 23.6 Å². The molecule has 6 nitrogen and oxygen atoms in total. The molecule has 0 saturated heterocycles. The summed E-state index contributed by atoms with van der Waals surface area (Å²) < 4.78 is 28.4. The Labute approximate surface area is 111 Å². The van der Waals surface area contributed by atoms with E-state index in [2.05, 4.69) is 9.71 Å². The van der Waals surface area contributed by atoms with Gasteiger partial charge < -0.3 is 4.57 Å². The van der Waals surface area contributed by atoms with Gasteiger partial charge in [0.15, 0.2) is 0 Å². The third-order valence-electron chi connectivity index (χ3n) is 2.64. The summed E-state index contributed by atoms with van der Waals surface area (Å²) in [4.78, 5) is 4.00. The molecule has 0 amide bonds. The summed E-state index contributed by atoms with van der Waals surface area (Å²) in [5.74, 6) is 0.595. The van der Waals surface area contributed by atoms with Crippen molar-refractivity contribution in [3.8, 4) is 6.07 Å². The van der Waals surface area contributed by atoms with E-state index in [9.17, 15) is 8.42 Å². The highest BCUT2D eigenvalue weighted by Crippen LogP contribution is 2.14. The van der Waals surface area contributed by atoms with Gasteiger partial charge in [-0.05, 0) is 12.1 Å². The van der Waals surface area contributed by atoms with Crippen molar-refractivity contribution in [3.05, 3.63) is 48.0 Å². The summed E-state index contributed by atoms with van der Waals surface area (Å²) in [5, 5.41) is 8.92. The number of hydrogen-bond acceptors (Lipinski definition) is 4. The van der Waals surface area contributed by atoms with E-state index < -0.39 is 10.0 Å². The van der Waals surface area contributed by atoms with Gasteiger partial charge in [0, 0.05) is 19.4 Å². The smallest absolute Gasteiger partial charge is 0.242 e. The molecule has 0 fully saturated rings. The molecule has 1 aromatic carbocycles. The minimum Gasteiger partial charge on any atom is -0.337 e. The summed E-state index contributed by atoms with van der Waals surface area (Å²) >= 11 is 0. The first-order valence-corrected chi connectivity index (χ1v) is 6.98. The number of nitrogens with one attached hydrogen (secondary N) is 1. The lowest BCUT2D eigenvalue weighted by atomic mass is 10.2. The van der Waals surface area contributed by atoms with Crippen LogP contribution in [0.1, 0.15) is 11.4 Å². The normalized spacial score (nSPS) is 11.2. The Morgan fingerprint density at radius 3 is 2.79 bits per heavy atom. The van der Waals surface area contributed by atoms with E-state index in [4.69, 9.17) is 5.26 Å². The Morgan fingerprint density at radius 2 is 2.16 bits per heavy atom. The van der Waals surface area contributed by atoms with Crippen molar-refractivity contribution in [1.82, 2.24) is 14.3 Å². The van der Waals surface area contributed by atoms with Gasteiger partial charge in [-0.25, -0.2) is 18.1 Å². The van der Waals surface area contributed by atoms with E-state index in [-0.39, 0.29) is 17.0 Å². The summed E-state index contributed by atoms with van der Waals surface area (Å²) in [7, 11) is -1.94. The molecule has 1 N–H and O–H groups in total. The lowest BCUT2D eigenvalue weighted by Crippen LogP contribution is -2.25. The predicted octanol–water partition coefficient (Wildman–Crippen LogP) is 0.770. The Balaban J connectivity index is 2.24. The van der Waals surface area contributed by atoms with Crippen LogP contribution < -0.4 is 4.72 Å². The Kier molecular flexibility index (Phi) is 3.64. The first-order chi connectivity index (χ1) is 9.04. The van der Waals surface area contributed by atoms with Gasteiger partial charge in [-0.3, -0.25) is 0 Å². The van der Waals surface area contributed by atoms with Crippen LogP contribution in [0.3, 0.4) is 0 Å². The second-order valence-electron chi connectivity index (χ2n) is 3.89. The van der Waals surface area contributed by atoms with Gasteiger partial charge >= 0.3 is 0 Å². The summed E-state index contributed by atoms with van der Waals surface area (Å²) in [6.07, 6.45) is 3.32. The number of benzene rings is 1. The zero-order valence-corrected chi connectivity index (χ0v) is 11.1. The summed E-state index contributed by atoms with van der Waals surface area (Å²) in [6, 6.07) is 7.94. The first-order valence-electron chi connectivity index (χ1n) is 5.49. The monoisotopic (exact) mass is 276 g/mol. The molecule has 0 aliphatic heterocycles. The lowest BCUT2D eigenvalue weighted by molar-refractivity contribution is 0.577. The maximum atomic E-state index is 12.1. The van der Waals surface area contributed by atoms with Crippen LogP contribution in [0.5, 0.6) is 0 Å². The highest BCUT2D eigenvalue weighted by molar-refractivity contribution is 7.89. The Bertz CT molecular complexity index is 728. The van der Waals surface area contributed by atoms with Crippen molar-refractivity contribution in [3.63, 3.8) is 0 Å². The zero-order chi connectivity index (χ0) is 13.9. The predicted molar refractivity (Wildman–Crippen MR) is 68.4 cm³/mol. The second-order valence-corrected chi connectivity index (χ2v) is 5.62. The Hall–Kier alpha value is -2.17. The fourth-order valence-corrected chi connectivity index (χ4v) is 2.73. The number of sulfonamides is 1. The van der Waals surface area contributed by atoms with Gasteiger partial charge in [0.05, 0.1) is 17.0 Å². The molecule has 2 rings (SSSR count). The molecule has 98 valence electrons. The van der Waals surface area contributed by atoms with E-state index in [1.54, 1.807) is 36.1 Å². The van der Waals surface area contributed by atoms with Crippen molar-refractivity contribution in [1.29, 1.82) is 5.26 Å². The minimum absolute atomic E-state index is 0.0216. The minimum atomic E-state index is -3.72. The largest absolute Gasteiger partial charge is 0.337 e. The number of hydrogen-bond donors (Lipinski definition) is 1. The number of nitriles is 1. The van der Waals surface area contributed by atoms with Crippen LogP contribution in [0, 0.1) is 11.3 Å². The third-order valence-corrected chi connectivity index (χ3v) is 4.10. The van der Waals surface area contributed by atoms with Gasteiger partial charge in [0.25, 0.3) is 0 Å². The molecule has 0 unspecified atom stereocenters. The maximum absolute atomic E-state index is 12.1. The molecule has 0 spiro atoms. The molecule has 0 aliphatic carbocycles. The molecule has 0 atom stereocenters. The number of rotatable bonds is 4. The quantitative estimate of drug-likeness (QED) is 0.893. The van der Waals surface area contributed by atoms with Crippen molar-refractivity contribution in [2.45, 2.75) is 11.4 Å². The van der Waals surface area contributed by atoms with Crippen molar-refractivity contribution < 1.29 is 8.42 Å². The average molecular weight is 276 g/mol. The second kappa shape index (κ2) is 5.22. The molecule has 19 heavy (non-hydrogen) atoms. The van der Waals surface area contributed by atoms with Crippen LogP contribution in [-0.4, -0.2) is 18.0 Å². The van der Waals surface area contributed by atoms with Crippen LogP contribution in [0.4, 0.5) is 0 Å². The highest BCUT2D eigenvalue weighted by Gasteiger charge is 2.18. The maximum Gasteiger partial charge on any atom is 0.242 e. The molecule has 0 radical (unpaired) electrons. The van der Waals surface area contributed by atoms with Crippen LogP contribution in [0.25, 0.3) is 0 Å². The van der Waals surface area contributed by atoms with E-state index in [0.29, 0.717) is 5.82 Å². The van der Waals surface area contributed by atoms with Gasteiger partial charge in [0.1, 0.15) is 11.9 Å². The topological polar surface area (TPSA) is 87.8 Å². The van der Waals surface area contributed by atoms with E-state index in [1.807, 2.05) is 6.07 Å². The van der Waals surface area contributed by atoms with E-state index >= 15 is 0 Å². The fraction of sp³-hybridized carbons (Fsp3) is 0.167. The van der Waals surface area contributed by atoms with E-state index in [1.165, 1.54) is 12.1 Å². The number of nitrogens with zero attached hydrogens (tertiary/aromatic N) is 3. The van der Waals surface area contributed by atoms with E-state index in [0.717, 1.165) is 0 Å². The first kappa shape index (κ1) is 13.3. The molecule has 0 saturated carbocycles. The van der Waals surface area contributed by atoms with Gasteiger partial charge in [-0.2, -0.15) is 5.26 Å². The molecule has 1 aromatic heterocycles. The molecule has 1 heterocycles. The molecule has 7 heteroatoms. The number of aromatic nitrogens is 2. The van der Waals surface area contributed by atoms with Crippen LogP contribution in [0.2, 0.25) is 0 Å². The van der Waals surface area contributed by atoms with Crippen LogP contribution in [0.15, 0.2) is 41.6 Å². The van der Waals surface area contributed by atoms with Crippen molar-refractivity contribution in [2.75, 3.05) is 0 Å². The lowest BCUT2D eigenvalue weighted by Gasteiger charge is -2.07. The third kappa shape index (κ3) is 2.81. The molecule has 0 bridgehead atoms. The SMILES string of the molecule is Cn1ccnc1CNS(=O)(=O)c1ccccc1C#N. The average Bonchev–Trinajstić information content (AvgIpc) is 2.82. The zero-order valence-electron chi connectivity index (χ0n) is 10.2. The summed E-state index contributed by atoms with van der Waals surface area (Å²) in [6.45, 7) is 0.0750. The van der Waals surface area contributed by atoms with Gasteiger partial charge in [-0.15, -0.1) is 0 Å². The van der Waals surface area contributed by atoms with Crippen molar-refractivity contribution >= 4 is 10.0 Å². The molecule has 2 aromatic rings. The van der Waals surface area contributed by atoms with Crippen molar-refractivity contribution in [2.24, 2.45) is 7.05 Å². The summed E-state index contributed by atoms with van der Waals surface area (Å²) in [5.41, 5.74) is 0.120. The number of imidazole rings is 1. The Morgan fingerprint density at radius 1 is 1.42 bits per heavy atom.